The molecule has 6 atom stereocenters. The van der Waals surface area contributed by atoms with Crippen molar-refractivity contribution in [3.05, 3.63) is 0 Å². The lowest BCUT2D eigenvalue weighted by Crippen LogP contribution is -2.46. The SMILES string of the molecule is CC[C@@H]1[C@@H](C)[C@@H]2O[C@H]([C@H]1O)[C@@H](C)O2. The smallest absolute Gasteiger partial charge is 0.161 e. The van der Waals surface area contributed by atoms with E-state index in [0.717, 1.165) is 6.42 Å². The average Bonchev–Trinajstić information content (AvgIpc) is 2.44. The number of ether oxygens (including phenoxy) is 2. The van der Waals surface area contributed by atoms with Gasteiger partial charge in [0.15, 0.2) is 6.29 Å². The van der Waals surface area contributed by atoms with Crippen molar-refractivity contribution in [2.45, 2.75) is 51.8 Å². The highest BCUT2D eigenvalue weighted by Crippen LogP contribution is 2.40. The Balaban J connectivity index is 2.18. The van der Waals surface area contributed by atoms with Crippen molar-refractivity contribution in [2.24, 2.45) is 11.8 Å². The largest absolute Gasteiger partial charge is 0.390 e. The first-order valence-electron chi connectivity index (χ1n) is 5.14. The fourth-order valence-corrected chi connectivity index (χ4v) is 2.56. The summed E-state index contributed by atoms with van der Waals surface area (Å²) in [5.74, 6) is 0.634. The standard InChI is InChI=1S/C10H18O3/c1-4-7-5(2)10-12-6(3)9(13-10)8(7)11/h5-11H,4H2,1-3H3/t5-,6-,7-,8+,9+,10+/m1/s1. The first kappa shape index (κ1) is 9.44. The van der Waals surface area contributed by atoms with E-state index in [1.165, 1.54) is 0 Å². The lowest BCUT2D eigenvalue weighted by molar-refractivity contribution is -0.177. The third kappa shape index (κ3) is 1.30. The second kappa shape index (κ2) is 3.23. The topological polar surface area (TPSA) is 38.7 Å². The Morgan fingerprint density at radius 2 is 1.92 bits per heavy atom. The fraction of sp³-hybridized carbons (Fsp3) is 1.00. The first-order valence-corrected chi connectivity index (χ1v) is 5.14. The third-order valence-electron chi connectivity index (χ3n) is 3.45. The molecule has 3 heteroatoms. The van der Waals surface area contributed by atoms with Crippen LogP contribution in [0.3, 0.4) is 0 Å². The molecular formula is C10H18O3. The fourth-order valence-electron chi connectivity index (χ4n) is 2.56. The van der Waals surface area contributed by atoms with E-state index in [1.54, 1.807) is 0 Å². The molecule has 76 valence electrons. The highest BCUT2D eigenvalue weighted by molar-refractivity contribution is 4.93. The van der Waals surface area contributed by atoms with Crippen molar-refractivity contribution in [1.29, 1.82) is 0 Å². The molecule has 13 heavy (non-hydrogen) atoms. The summed E-state index contributed by atoms with van der Waals surface area (Å²) in [5.41, 5.74) is 0. The van der Waals surface area contributed by atoms with Gasteiger partial charge in [0.1, 0.15) is 6.10 Å². The number of aliphatic hydroxyl groups is 1. The summed E-state index contributed by atoms with van der Waals surface area (Å²) < 4.78 is 11.2. The van der Waals surface area contributed by atoms with Gasteiger partial charge in [0.2, 0.25) is 0 Å². The van der Waals surface area contributed by atoms with E-state index in [2.05, 4.69) is 13.8 Å². The molecule has 0 aromatic carbocycles. The van der Waals surface area contributed by atoms with Gasteiger partial charge in [-0.25, -0.2) is 0 Å². The molecule has 3 nitrogen and oxygen atoms in total. The zero-order valence-electron chi connectivity index (χ0n) is 8.43. The summed E-state index contributed by atoms with van der Waals surface area (Å²) >= 11 is 0. The van der Waals surface area contributed by atoms with Crippen molar-refractivity contribution < 1.29 is 14.6 Å². The Morgan fingerprint density at radius 1 is 1.23 bits per heavy atom. The first-order chi connectivity index (χ1) is 6.15. The van der Waals surface area contributed by atoms with Gasteiger partial charge in [-0.05, 0) is 12.8 Å². The van der Waals surface area contributed by atoms with E-state index >= 15 is 0 Å². The summed E-state index contributed by atoms with van der Waals surface area (Å²) in [5, 5.41) is 9.99. The minimum absolute atomic E-state index is 0.0407. The molecular weight excluding hydrogens is 168 g/mol. The van der Waals surface area contributed by atoms with E-state index in [1.807, 2.05) is 6.92 Å². The van der Waals surface area contributed by atoms with Crippen molar-refractivity contribution in [3.63, 3.8) is 0 Å². The lowest BCUT2D eigenvalue weighted by Gasteiger charge is -2.36. The number of aliphatic hydroxyl groups excluding tert-OH is 1. The predicted molar refractivity (Wildman–Crippen MR) is 48.2 cm³/mol. The predicted octanol–water partition coefficient (Wildman–Crippen LogP) is 1.15. The number of fused-ring (bicyclic) bond motifs is 2. The van der Waals surface area contributed by atoms with Crippen LogP contribution in [-0.2, 0) is 9.47 Å². The molecule has 0 unspecified atom stereocenters. The number of rotatable bonds is 1. The van der Waals surface area contributed by atoms with Crippen LogP contribution in [0.1, 0.15) is 27.2 Å². The van der Waals surface area contributed by atoms with Gasteiger partial charge >= 0.3 is 0 Å². The van der Waals surface area contributed by atoms with Gasteiger partial charge in [-0.3, -0.25) is 0 Å². The van der Waals surface area contributed by atoms with Crippen LogP contribution in [0, 0.1) is 11.8 Å². The summed E-state index contributed by atoms with van der Waals surface area (Å²) in [6.45, 7) is 6.18. The molecule has 0 aliphatic carbocycles. The van der Waals surface area contributed by atoms with Crippen molar-refractivity contribution in [2.75, 3.05) is 0 Å². The van der Waals surface area contributed by atoms with Crippen molar-refractivity contribution >= 4 is 0 Å². The van der Waals surface area contributed by atoms with E-state index in [4.69, 9.17) is 9.47 Å². The second-order valence-corrected chi connectivity index (χ2v) is 4.23. The van der Waals surface area contributed by atoms with Gasteiger partial charge < -0.3 is 14.6 Å². The van der Waals surface area contributed by atoms with Gasteiger partial charge in [-0.1, -0.05) is 20.3 Å². The van der Waals surface area contributed by atoms with Crippen LogP contribution in [-0.4, -0.2) is 29.7 Å². The van der Waals surface area contributed by atoms with Gasteiger partial charge in [0.05, 0.1) is 12.2 Å². The monoisotopic (exact) mass is 186 g/mol. The summed E-state index contributed by atoms with van der Waals surface area (Å²) in [6.07, 6.45) is 0.488. The molecule has 0 amide bonds. The number of hydrogen-bond donors (Lipinski definition) is 1. The van der Waals surface area contributed by atoms with Crippen LogP contribution in [0.2, 0.25) is 0 Å². The quantitative estimate of drug-likeness (QED) is 0.667. The molecule has 2 fully saturated rings. The molecule has 0 radical (unpaired) electrons. The zero-order valence-corrected chi connectivity index (χ0v) is 8.43. The summed E-state index contributed by atoms with van der Waals surface area (Å²) in [4.78, 5) is 0. The molecule has 1 N–H and O–H groups in total. The van der Waals surface area contributed by atoms with Crippen LogP contribution in [0.4, 0.5) is 0 Å². The maximum Gasteiger partial charge on any atom is 0.161 e. The molecule has 2 heterocycles. The Kier molecular flexibility index (Phi) is 2.34. The second-order valence-electron chi connectivity index (χ2n) is 4.23. The summed E-state index contributed by atoms with van der Waals surface area (Å²) in [7, 11) is 0. The van der Waals surface area contributed by atoms with Crippen LogP contribution >= 0.6 is 0 Å². The average molecular weight is 186 g/mol. The molecule has 0 aromatic rings. The van der Waals surface area contributed by atoms with E-state index in [-0.39, 0.29) is 24.6 Å². The van der Waals surface area contributed by atoms with Crippen LogP contribution in [0.5, 0.6) is 0 Å². The highest BCUT2D eigenvalue weighted by Gasteiger charge is 2.50. The number of hydrogen-bond acceptors (Lipinski definition) is 3. The molecule has 2 bridgehead atoms. The maximum atomic E-state index is 9.99. The Morgan fingerprint density at radius 3 is 2.54 bits per heavy atom. The van der Waals surface area contributed by atoms with Crippen molar-refractivity contribution in [1.82, 2.24) is 0 Å². The van der Waals surface area contributed by atoms with Gasteiger partial charge in [0, 0.05) is 5.92 Å². The van der Waals surface area contributed by atoms with E-state index in [9.17, 15) is 5.11 Å². The highest BCUT2D eigenvalue weighted by atomic mass is 16.7. The van der Waals surface area contributed by atoms with Crippen LogP contribution < -0.4 is 0 Å². The lowest BCUT2D eigenvalue weighted by atomic mass is 9.82. The van der Waals surface area contributed by atoms with Crippen molar-refractivity contribution in [3.8, 4) is 0 Å². The van der Waals surface area contributed by atoms with Crippen LogP contribution in [0.15, 0.2) is 0 Å². The maximum absolute atomic E-state index is 9.99. The minimum Gasteiger partial charge on any atom is -0.390 e. The van der Waals surface area contributed by atoms with Gasteiger partial charge in [-0.15, -0.1) is 0 Å². The molecule has 0 aromatic heterocycles. The van der Waals surface area contributed by atoms with Gasteiger partial charge in [0.25, 0.3) is 0 Å². The molecule has 2 rings (SSSR count). The third-order valence-corrected chi connectivity index (χ3v) is 3.45. The Labute approximate surface area is 79.0 Å². The molecule has 2 saturated heterocycles. The Bertz CT molecular complexity index is 195. The van der Waals surface area contributed by atoms with E-state index < -0.39 is 0 Å². The molecule has 0 spiro atoms. The van der Waals surface area contributed by atoms with E-state index in [0.29, 0.717) is 11.8 Å². The Hall–Kier alpha value is -0.120. The minimum atomic E-state index is -0.353. The summed E-state index contributed by atoms with van der Waals surface area (Å²) in [6, 6.07) is 0. The van der Waals surface area contributed by atoms with Gasteiger partial charge in [-0.2, -0.15) is 0 Å². The zero-order chi connectivity index (χ0) is 9.59. The normalized spacial score (nSPS) is 55.4. The molecule has 0 saturated carbocycles. The molecule has 2 aliphatic rings. The van der Waals surface area contributed by atoms with Crippen LogP contribution in [0.25, 0.3) is 0 Å². The molecule has 2 aliphatic heterocycles.